The van der Waals surface area contributed by atoms with Crippen molar-refractivity contribution in [1.82, 2.24) is 38.9 Å². The van der Waals surface area contributed by atoms with Crippen LogP contribution in [0, 0.1) is 0 Å². The number of rotatable bonds is 10. The van der Waals surface area contributed by atoms with Crippen LogP contribution in [-0.4, -0.2) is 83.8 Å². The number of fused-ring (bicyclic) bond motifs is 1. The average molecular weight is 671 g/mol. The molecule has 4 aromatic heterocycles. The second-order valence-electron chi connectivity index (χ2n) is 12.7. The van der Waals surface area contributed by atoms with Crippen molar-refractivity contribution in [3.05, 3.63) is 115 Å². The fraction of sp³-hybridized carbons (Fsp3) is 0.400. The highest BCUT2D eigenvalue weighted by Gasteiger charge is 2.26. The molecule has 2 aliphatic heterocycles. The summed E-state index contributed by atoms with van der Waals surface area (Å²) < 4.78 is 9.60. The number of pyridine rings is 1. The number of H-pyrrole nitrogens is 2. The first-order valence-corrected chi connectivity index (χ1v) is 16.9. The maximum atomic E-state index is 13.1. The fourth-order valence-electron chi connectivity index (χ4n) is 6.74. The molecule has 7 rings (SSSR count). The molecule has 13 heteroatoms. The molecule has 48 heavy (non-hydrogen) atoms. The number of hydrogen-bond acceptors (Lipinski definition) is 8. The van der Waals surface area contributed by atoms with Gasteiger partial charge in [-0.25, -0.2) is 14.8 Å². The standard InChI is InChI=1S/C35H39ClN8O4/c36-32-29-20-30(39-33(29)38-23-37-32)25-5-3-24(4-6-25)21-42-15-9-28(10-16-42)48-27-7-13-41(14-8-27)18-19-43-12-1-2-26(34(43)46)22-44-17-11-31(45)40-35(44)47/h1-6,11-12,17,20,23,27-28H,7-10,13-16,18-19,21-22H2,(H,37,38,39)(H,40,45,47). The van der Waals surface area contributed by atoms with Gasteiger partial charge >= 0.3 is 5.69 Å². The molecule has 2 aliphatic rings. The number of aromatic amines is 2. The number of benzene rings is 1. The van der Waals surface area contributed by atoms with Crippen LogP contribution in [0.15, 0.2) is 81.6 Å². The van der Waals surface area contributed by atoms with E-state index in [4.69, 9.17) is 16.3 Å². The zero-order valence-corrected chi connectivity index (χ0v) is 27.4. The van der Waals surface area contributed by atoms with Gasteiger partial charge in [0.15, 0.2) is 0 Å². The Hall–Kier alpha value is -4.36. The first-order chi connectivity index (χ1) is 23.4. The van der Waals surface area contributed by atoms with E-state index in [1.165, 1.54) is 28.7 Å². The molecule has 0 radical (unpaired) electrons. The van der Waals surface area contributed by atoms with Crippen molar-refractivity contribution >= 4 is 22.6 Å². The van der Waals surface area contributed by atoms with E-state index in [0.717, 1.165) is 87.2 Å². The highest BCUT2D eigenvalue weighted by atomic mass is 35.5. The van der Waals surface area contributed by atoms with Gasteiger partial charge in [0.2, 0.25) is 0 Å². The Morgan fingerprint density at radius 2 is 1.52 bits per heavy atom. The van der Waals surface area contributed by atoms with Gasteiger partial charge in [0.25, 0.3) is 11.1 Å². The van der Waals surface area contributed by atoms with E-state index in [-0.39, 0.29) is 18.2 Å². The lowest BCUT2D eigenvalue weighted by Gasteiger charge is -2.37. The molecule has 0 aliphatic carbocycles. The highest BCUT2D eigenvalue weighted by molar-refractivity contribution is 6.34. The third kappa shape index (κ3) is 7.52. The number of hydrogen-bond donors (Lipinski definition) is 2. The Balaban J connectivity index is 0.829. The minimum Gasteiger partial charge on any atom is -0.375 e. The summed E-state index contributed by atoms with van der Waals surface area (Å²) in [6, 6.07) is 15.5. The quantitative estimate of drug-likeness (QED) is 0.216. The van der Waals surface area contributed by atoms with Crippen LogP contribution >= 0.6 is 11.6 Å². The van der Waals surface area contributed by atoms with Gasteiger partial charge in [-0.2, -0.15) is 0 Å². The maximum absolute atomic E-state index is 13.1. The Kier molecular flexibility index (Phi) is 9.66. The molecular weight excluding hydrogens is 632 g/mol. The van der Waals surface area contributed by atoms with E-state index in [1.807, 2.05) is 12.1 Å². The van der Waals surface area contributed by atoms with Gasteiger partial charge in [-0.05, 0) is 48.9 Å². The molecule has 6 heterocycles. The molecule has 0 atom stereocenters. The first kappa shape index (κ1) is 32.2. The van der Waals surface area contributed by atoms with Crippen LogP contribution < -0.4 is 16.8 Å². The lowest BCUT2D eigenvalue weighted by atomic mass is 10.0. The van der Waals surface area contributed by atoms with E-state index in [1.54, 1.807) is 16.8 Å². The predicted octanol–water partition coefficient (Wildman–Crippen LogP) is 3.48. The number of likely N-dealkylation sites (tertiary alicyclic amines) is 2. The Morgan fingerprint density at radius 3 is 2.23 bits per heavy atom. The molecule has 1 aromatic carbocycles. The first-order valence-electron chi connectivity index (χ1n) is 16.5. The molecule has 0 unspecified atom stereocenters. The summed E-state index contributed by atoms with van der Waals surface area (Å²) in [5.74, 6) is 0. The summed E-state index contributed by atoms with van der Waals surface area (Å²) in [6.45, 7) is 6.33. The largest absolute Gasteiger partial charge is 0.375 e. The summed E-state index contributed by atoms with van der Waals surface area (Å²) in [5, 5.41) is 1.28. The molecule has 0 saturated carbocycles. The lowest BCUT2D eigenvalue weighted by molar-refractivity contribution is -0.0658. The van der Waals surface area contributed by atoms with Crippen molar-refractivity contribution in [2.75, 3.05) is 32.7 Å². The summed E-state index contributed by atoms with van der Waals surface area (Å²) >= 11 is 6.22. The molecular formula is C35H39ClN8O4. The Labute approximate surface area is 282 Å². The zero-order chi connectivity index (χ0) is 33.0. The van der Waals surface area contributed by atoms with Crippen LogP contribution in [0.3, 0.4) is 0 Å². The van der Waals surface area contributed by atoms with E-state index in [0.29, 0.717) is 23.4 Å². The van der Waals surface area contributed by atoms with Gasteiger partial charge in [-0.3, -0.25) is 24.0 Å². The number of aromatic nitrogens is 6. The predicted molar refractivity (Wildman–Crippen MR) is 184 cm³/mol. The number of piperidine rings is 2. The lowest BCUT2D eigenvalue weighted by Crippen LogP contribution is -2.43. The molecule has 0 spiro atoms. The molecule has 2 saturated heterocycles. The SMILES string of the molecule is O=c1ccn(Cc2cccn(CCN3CCC(OC4CCN(Cc5ccc(-c6cc7c(Cl)ncnc7[nH]6)cc5)CC4)CC3)c2=O)c(=O)[nH]1. The van der Waals surface area contributed by atoms with Gasteiger partial charge in [0.05, 0.1) is 24.1 Å². The van der Waals surface area contributed by atoms with E-state index >= 15 is 0 Å². The second kappa shape index (κ2) is 14.4. The molecule has 2 N–H and O–H groups in total. The van der Waals surface area contributed by atoms with Crippen molar-refractivity contribution in [3.8, 4) is 11.3 Å². The van der Waals surface area contributed by atoms with Crippen molar-refractivity contribution in [2.24, 2.45) is 0 Å². The van der Waals surface area contributed by atoms with Crippen LogP contribution in [0.4, 0.5) is 0 Å². The van der Waals surface area contributed by atoms with Crippen molar-refractivity contribution in [3.63, 3.8) is 0 Å². The minimum absolute atomic E-state index is 0.115. The third-order valence-corrected chi connectivity index (χ3v) is 9.80. The number of ether oxygens (including phenoxy) is 1. The summed E-state index contributed by atoms with van der Waals surface area (Å²) in [7, 11) is 0. The second-order valence-corrected chi connectivity index (χ2v) is 13.1. The van der Waals surface area contributed by atoms with Gasteiger partial charge in [-0.15, -0.1) is 0 Å². The number of nitrogens with one attached hydrogen (secondary N) is 2. The molecule has 12 nitrogen and oxygen atoms in total. The zero-order valence-electron chi connectivity index (χ0n) is 26.7. The molecule has 0 bridgehead atoms. The van der Waals surface area contributed by atoms with Crippen LogP contribution in [0.25, 0.3) is 22.3 Å². The van der Waals surface area contributed by atoms with Gasteiger partial charge in [0.1, 0.15) is 17.1 Å². The topological polar surface area (TPSA) is 134 Å². The van der Waals surface area contributed by atoms with Crippen LogP contribution in [-0.2, 0) is 24.4 Å². The van der Waals surface area contributed by atoms with Crippen LogP contribution in [0.5, 0.6) is 0 Å². The number of halogens is 1. The average Bonchev–Trinajstić information content (AvgIpc) is 3.54. The maximum Gasteiger partial charge on any atom is 0.328 e. The van der Waals surface area contributed by atoms with Gasteiger partial charge < -0.3 is 19.2 Å². The van der Waals surface area contributed by atoms with Gasteiger partial charge in [0, 0.05) is 75.5 Å². The normalized spacial score (nSPS) is 16.9. The Bertz CT molecular complexity index is 2040. The van der Waals surface area contributed by atoms with Gasteiger partial charge in [-0.1, -0.05) is 41.9 Å². The molecule has 250 valence electrons. The van der Waals surface area contributed by atoms with Crippen molar-refractivity contribution in [2.45, 2.75) is 57.5 Å². The van der Waals surface area contributed by atoms with Crippen LogP contribution in [0.2, 0.25) is 5.15 Å². The van der Waals surface area contributed by atoms with E-state index in [2.05, 4.69) is 54.0 Å². The summed E-state index contributed by atoms with van der Waals surface area (Å²) in [5.41, 5.74) is 3.49. The van der Waals surface area contributed by atoms with E-state index in [9.17, 15) is 14.4 Å². The van der Waals surface area contributed by atoms with Crippen molar-refractivity contribution in [1.29, 1.82) is 0 Å². The minimum atomic E-state index is -0.527. The summed E-state index contributed by atoms with van der Waals surface area (Å²) in [6.07, 6.45) is 9.31. The van der Waals surface area contributed by atoms with E-state index < -0.39 is 11.2 Å². The van der Waals surface area contributed by atoms with Crippen LogP contribution in [0.1, 0.15) is 36.8 Å². The Morgan fingerprint density at radius 1 is 0.792 bits per heavy atom. The van der Waals surface area contributed by atoms with Crippen molar-refractivity contribution < 1.29 is 4.74 Å². The summed E-state index contributed by atoms with van der Waals surface area (Å²) in [4.78, 5) is 55.2. The number of nitrogens with zero attached hydrogens (tertiary/aromatic N) is 6. The molecule has 0 amide bonds. The highest BCUT2D eigenvalue weighted by Crippen LogP contribution is 2.27. The molecule has 5 aromatic rings. The fourth-order valence-corrected chi connectivity index (χ4v) is 6.93. The third-order valence-electron chi connectivity index (χ3n) is 9.50. The monoisotopic (exact) mass is 670 g/mol. The smallest absolute Gasteiger partial charge is 0.328 e. The molecule has 2 fully saturated rings.